The van der Waals surface area contributed by atoms with Gasteiger partial charge in [-0.3, -0.25) is 14.3 Å². The summed E-state index contributed by atoms with van der Waals surface area (Å²) in [6, 6.07) is 6.92. The van der Waals surface area contributed by atoms with E-state index in [1.54, 1.807) is 30.2 Å². The Morgan fingerprint density at radius 1 is 1.18 bits per heavy atom. The first-order valence-corrected chi connectivity index (χ1v) is 12.4. The molecule has 6 rings (SSSR count). The van der Waals surface area contributed by atoms with Gasteiger partial charge in [0.1, 0.15) is 21.2 Å². The molecule has 0 bridgehead atoms. The summed E-state index contributed by atoms with van der Waals surface area (Å²) in [7, 11) is 1.80. The Balaban J connectivity index is 1.49. The molecule has 0 aliphatic heterocycles. The van der Waals surface area contributed by atoms with Crippen LogP contribution < -0.4 is 11.1 Å². The summed E-state index contributed by atoms with van der Waals surface area (Å²) in [5.41, 5.74) is 6.83. The van der Waals surface area contributed by atoms with Crippen molar-refractivity contribution in [1.29, 1.82) is 0 Å². The predicted molar refractivity (Wildman–Crippen MR) is 139 cm³/mol. The summed E-state index contributed by atoms with van der Waals surface area (Å²) in [5, 5.41) is 11.3. The number of aryl methyl sites for hydroxylation is 1. The second kappa shape index (κ2) is 9.01. The Kier molecular flexibility index (Phi) is 5.69. The minimum Gasteiger partial charge on any atom is -0.464 e. The first-order chi connectivity index (χ1) is 19.0. The standard InChI is InChI=1S/C25H17F3N8O3S/c1-11-13(10-31-35(11)2)15-5-6-30-18-9-14(34-36(15)18)23(38)33-20-19-12(16-4-3-7-39-16)8-17(25(26,27)28)32-24(19)40-21(20)22(29)37/h3-10H,1-2H3,(H2,29,37)(H,33,38). The lowest BCUT2D eigenvalue weighted by Crippen LogP contribution is -2.17. The molecule has 0 saturated carbocycles. The van der Waals surface area contributed by atoms with E-state index in [-0.39, 0.29) is 37.8 Å². The number of furan rings is 1. The fraction of sp³-hybridized carbons (Fsp3) is 0.120. The smallest absolute Gasteiger partial charge is 0.433 e. The van der Waals surface area contributed by atoms with Crippen molar-refractivity contribution in [2.75, 3.05) is 5.32 Å². The molecule has 6 heterocycles. The van der Waals surface area contributed by atoms with E-state index in [0.29, 0.717) is 22.7 Å². The van der Waals surface area contributed by atoms with E-state index in [9.17, 15) is 22.8 Å². The normalized spacial score (nSPS) is 11.9. The molecule has 15 heteroatoms. The van der Waals surface area contributed by atoms with Crippen molar-refractivity contribution in [3.63, 3.8) is 0 Å². The van der Waals surface area contributed by atoms with Crippen molar-refractivity contribution in [3.05, 3.63) is 70.9 Å². The number of halogens is 3. The third kappa shape index (κ3) is 4.07. The molecule has 6 aromatic rings. The molecule has 0 unspecified atom stereocenters. The summed E-state index contributed by atoms with van der Waals surface area (Å²) >= 11 is 0.630. The number of nitrogens with zero attached hydrogens (tertiary/aromatic N) is 6. The number of carbonyl (C=O) groups excluding carboxylic acids is 2. The third-order valence-corrected chi connectivity index (χ3v) is 7.40. The van der Waals surface area contributed by atoms with E-state index in [2.05, 4.69) is 25.5 Å². The molecule has 0 fully saturated rings. The number of thiophene rings is 1. The molecule has 6 aromatic heterocycles. The molecule has 40 heavy (non-hydrogen) atoms. The molecule has 0 saturated heterocycles. The molecule has 0 aliphatic carbocycles. The molecule has 11 nitrogen and oxygen atoms in total. The lowest BCUT2D eigenvalue weighted by molar-refractivity contribution is -0.140. The Bertz CT molecular complexity index is 1950. The topological polar surface area (TPSA) is 146 Å². The maximum absolute atomic E-state index is 13.6. The maximum Gasteiger partial charge on any atom is 0.433 e. The Labute approximate surface area is 226 Å². The fourth-order valence-electron chi connectivity index (χ4n) is 4.30. The number of nitrogens with one attached hydrogen (secondary N) is 1. The van der Waals surface area contributed by atoms with Crippen molar-refractivity contribution >= 4 is 44.7 Å². The zero-order chi connectivity index (χ0) is 28.3. The summed E-state index contributed by atoms with van der Waals surface area (Å²) in [5.74, 6) is -1.62. The van der Waals surface area contributed by atoms with Gasteiger partial charge in [0.25, 0.3) is 11.8 Å². The van der Waals surface area contributed by atoms with E-state index < -0.39 is 23.7 Å². The van der Waals surface area contributed by atoms with E-state index >= 15 is 0 Å². The van der Waals surface area contributed by atoms with Crippen LogP contribution in [0.1, 0.15) is 31.5 Å². The number of anilines is 1. The number of rotatable bonds is 5. The first kappa shape index (κ1) is 25.2. The average molecular weight is 567 g/mol. The van der Waals surface area contributed by atoms with Crippen LogP contribution in [0.2, 0.25) is 0 Å². The van der Waals surface area contributed by atoms with Gasteiger partial charge in [0, 0.05) is 41.5 Å². The van der Waals surface area contributed by atoms with E-state index in [0.717, 1.165) is 17.3 Å². The largest absolute Gasteiger partial charge is 0.464 e. The number of amides is 2. The van der Waals surface area contributed by atoms with Gasteiger partial charge >= 0.3 is 6.18 Å². The maximum atomic E-state index is 13.6. The van der Waals surface area contributed by atoms with Crippen LogP contribution in [0.4, 0.5) is 18.9 Å². The molecule has 0 aliphatic rings. The second-order valence-electron chi connectivity index (χ2n) is 8.73. The summed E-state index contributed by atoms with van der Waals surface area (Å²) in [6.45, 7) is 1.88. The minimum atomic E-state index is -4.77. The number of pyridine rings is 1. The van der Waals surface area contributed by atoms with Gasteiger partial charge in [0.05, 0.1) is 23.8 Å². The number of nitrogens with two attached hydrogens (primary N) is 1. The van der Waals surface area contributed by atoms with Crippen LogP contribution in [0.25, 0.3) is 38.4 Å². The third-order valence-electron chi connectivity index (χ3n) is 6.30. The molecule has 0 spiro atoms. The van der Waals surface area contributed by atoms with E-state index in [4.69, 9.17) is 10.2 Å². The lowest BCUT2D eigenvalue weighted by Gasteiger charge is -2.10. The predicted octanol–water partition coefficient (Wildman–Crippen LogP) is 4.68. The number of primary amides is 1. The van der Waals surface area contributed by atoms with Gasteiger partial charge in [-0.2, -0.15) is 23.4 Å². The number of aromatic nitrogens is 6. The molecule has 0 radical (unpaired) electrons. The number of alkyl halides is 3. The number of carbonyl (C=O) groups is 2. The van der Waals surface area contributed by atoms with E-state index in [1.165, 1.54) is 29.0 Å². The van der Waals surface area contributed by atoms with Gasteiger partial charge < -0.3 is 15.5 Å². The van der Waals surface area contributed by atoms with Crippen molar-refractivity contribution in [2.45, 2.75) is 13.1 Å². The number of hydrogen-bond acceptors (Lipinski definition) is 8. The van der Waals surface area contributed by atoms with Crippen LogP contribution >= 0.6 is 11.3 Å². The van der Waals surface area contributed by atoms with Crippen LogP contribution in [0, 0.1) is 6.92 Å². The second-order valence-corrected chi connectivity index (χ2v) is 9.73. The molecular weight excluding hydrogens is 549 g/mol. The monoisotopic (exact) mass is 566 g/mol. The Morgan fingerprint density at radius 3 is 2.62 bits per heavy atom. The highest BCUT2D eigenvalue weighted by Gasteiger charge is 2.35. The fourth-order valence-corrected chi connectivity index (χ4v) is 5.31. The quantitative estimate of drug-likeness (QED) is 0.308. The zero-order valence-electron chi connectivity index (χ0n) is 20.6. The molecule has 0 atom stereocenters. The zero-order valence-corrected chi connectivity index (χ0v) is 21.5. The van der Waals surface area contributed by atoms with Crippen molar-refractivity contribution < 1.29 is 27.2 Å². The number of hydrogen-bond donors (Lipinski definition) is 2. The molecule has 3 N–H and O–H groups in total. The molecular formula is C25H17F3N8O3S. The van der Waals surface area contributed by atoms with Crippen LogP contribution in [0.15, 0.2) is 53.4 Å². The molecule has 202 valence electrons. The van der Waals surface area contributed by atoms with Crippen LogP contribution in [0.3, 0.4) is 0 Å². The van der Waals surface area contributed by atoms with Crippen LogP contribution in [-0.2, 0) is 13.2 Å². The summed E-state index contributed by atoms with van der Waals surface area (Å²) < 4.78 is 49.5. The van der Waals surface area contributed by atoms with Gasteiger partial charge in [-0.1, -0.05) is 0 Å². The van der Waals surface area contributed by atoms with Crippen molar-refractivity contribution in [3.8, 4) is 22.6 Å². The van der Waals surface area contributed by atoms with Crippen LogP contribution in [-0.4, -0.2) is 41.2 Å². The highest BCUT2D eigenvalue weighted by molar-refractivity contribution is 7.21. The molecule has 2 amide bonds. The van der Waals surface area contributed by atoms with Gasteiger partial charge in [-0.05, 0) is 31.2 Å². The van der Waals surface area contributed by atoms with Crippen molar-refractivity contribution in [2.24, 2.45) is 12.8 Å². The SMILES string of the molecule is Cc1c(-c2ccnc3cc(C(=O)Nc4c(C(N)=O)sc5nc(C(F)(F)F)cc(-c6ccco6)c45)nn23)cnn1C. The van der Waals surface area contributed by atoms with Crippen molar-refractivity contribution in [1.82, 2.24) is 29.4 Å². The van der Waals surface area contributed by atoms with Gasteiger partial charge in [0.2, 0.25) is 0 Å². The van der Waals surface area contributed by atoms with Crippen LogP contribution in [0.5, 0.6) is 0 Å². The summed E-state index contributed by atoms with van der Waals surface area (Å²) in [6.07, 6.45) is -0.248. The number of fused-ring (bicyclic) bond motifs is 2. The van der Waals surface area contributed by atoms with Gasteiger partial charge in [0.15, 0.2) is 11.3 Å². The highest BCUT2D eigenvalue weighted by atomic mass is 32.1. The lowest BCUT2D eigenvalue weighted by atomic mass is 10.1. The van der Waals surface area contributed by atoms with Gasteiger partial charge in [-0.15, -0.1) is 11.3 Å². The average Bonchev–Trinajstić information content (AvgIpc) is 3.70. The Morgan fingerprint density at radius 2 is 1.98 bits per heavy atom. The van der Waals surface area contributed by atoms with E-state index in [1.807, 2.05) is 6.92 Å². The first-order valence-electron chi connectivity index (χ1n) is 11.6. The van der Waals surface area contributed by atoms with Gasteiger partial charge in [-0.25, -0.2) is 14.5 Å². The Hall–Kier alpha value is -5.05. The minimum absolute atomic E-state index is 0.0209. The summed E-state index contributed by atoms with van der Waals surface area (Å²) in [4.78, 5) is 33.4. The molecule has 0 aromatic carbocycles. The highest BCUT2D eigenvalue weighted by Crippen LogP contribution is 2.43.